The van der Waals surface area contributed by atoms with Crippen LogP contribution < -0.4 is 5.32 Å². The highest BCUT2D eigenvalue weighted by Crippen LogP contribution is 2.10. The van der Waals surface area contributed by atoms with Gasteiger partial charge in [0.25, 0.3) is 0 Å². The molecule has 0 aliphatic carbocycles. The molecule has 0 fully saturated rings. The highest BCUT2D eigenvalue weighted by atomic mass is 16.3. The molecule has 15 heavy (non-hydrogen) atoms. The van der Waals surface area contributed by atoms with Gasteiger partial charge in [0.2, 0.25) is 0 Å². The molecule has 1 rings (SSSR count). The molecule has 1 unspecified atom stereocenters. The SMILES string of the molecule is Cc1nccc(NC(CO)CC(C)C)n1. The molecule has 0 aliphatic rings. The summed E-state index contributed by atoms with van der Waals surface area (Å²) >= 11 is 0. The Morgan fingerprint density at radius 1 is 1.47 bits per heavy atom. The number of aliphatic hydroxyl groups excluding tert-OH is 1. The minimum Gasteiger partial charge on any atom is -0.394 e. The zero-order valence-electron chi connectivity index (χ0n) is 9.57. The van der Waals surface area contributed by atoms with Crippen LogP contribution in [0.25, 0.3) is 0 Å². The number of hydrogen-bond acceptors (Lipinski definition) is 4. The van der Waals surface area contributed by atoms with Crippen molar-refractivity contribution in [2.75, 3.05) is 11.9 Å². The van der Waals surface area contributed by atoms with Crippen molar-refractivity contribution >= 4 is 5.82 Å². The number of rotatable bonds is 5. The molecule has 0 bridgehead atoms. The monoisotopic (exact) mass is 209 g/mol. The number of aromatic nitrogens is 2. The van der Waals surface area contributed by atoms with Crippen molar-refractivity contribution in [3.8, 4) is 0 Å². The summed E-state index contributed by atoms with van der Waals surface area (Å²) in [5, 5.41) is 12.4. The zero-order valence-corrected chi connectivity index (χ0v) is 9.57. The van der Waals surface area contributed by atoms with Gasteiger partial charge in [0.05, 0.1) is 12.6 Å². The van der Waals surface area contributed by atoms with Crippen molar-refractivity contribution in [1.29, 1.82) is 0 Å². The third-order valence-electron chi connectivity index (χ3n) is 2.10. The second-order valence-corrected chi connectivity index (χ2v) is 4.14. The van der Waals surface area contributed by atoms with E-state index in [0.29, 0.717) is 5.92 Å². The van der Waals surface area contributed by atoms with E-state index in [-0.39, 0.29) is 12.6 Å². The van der Waals surface area contributed by atoms with Crippen LogP contribution in [0, 0.1) is 12.8 Å². The number of nitrogens with zero attached hydrogens (tertiary/aromatic N) is 2. The number of anilines is 1. The second kappa shape index (κ2) is 5.66. The maximum atomic E-state index is 9.20. The molecule has 0 spiro atoms. The molecule has 4 nitrogen and oxygen atoms in total. The Hall–Kier alpha value is -1.16. The Morgan fingerprint density at radius 2 is 2.20 bits per heavy atom. The fraction of sp³-hybridized carbons (Fsp3) is 0.636. The average molecular weight is 209 g/mol. The first-order valence-corrected chi connectivity index (χ1v) is 5.29. The highest BCUT2D eigenvalue weighted by molar-refractivity contribution is 5.34. The minimum atomic E-state index is 0.0688. The second-order valence-electron chi connectivity index (χ2n) is 4.14. The van der Waals surface area contributed by atoms with E-state index >= 15 is 0 Å². The molecule has 0 amide bonds. The first kappa shape index (κ1) is 11.9. The van der Waals surface area contributed by atoms with E-state index in [4.69, 9.17) is 0 Å². The van der Waals surface area contributed by atoms with Crippen LogP contribution in [0.1, 0.15) is 26.1 Å². The minimum absolute atomic E-state index is 0.0688. The average Bonchev–Trinajstić information content (AvgIpc) is 2.16. The third kappa shape index (κ3) is 4.25. The van der Waals surface area contributed by atoms with Gasteiger partial charge in [-0.1, -0.05) is 13.8 Å². The van der Waals surface area contributed by atoms with Gasteiger partial charge in [0, 0.05) is 6.20 Å². The van der Waals surface area contributed by atoms with Crippen LogP contribution in [0.15, 0.2) is 12.3 Å². The Bertz CT molecular complexity index is 302. The largest absolute Gasteiger partial charge is 0.394 e. The maximum absolute atomic E-state index is 9.20. The Morgan fingerprint density at radius 3 is 2.73 bits per heavy atom. The van der Waals surface area contributed by atoms with Crippen LogP contribution >= 0.6 is 0 Å². The van der Waals surface area contributed by atoms with Gasteiger partial charge < -0.3 is 10.4 Å². The lowest BCUT2D eigenvalue weighted by Gasteiger charge is -2.18. The summed E-state index contributed by atoms with van der Waals surface area (Å²) in [4.78, 5) is 8.26. The van der Waals surface area contributed by atoms with Crippen molar-refractivity contribution < 1.29 is 5.11 Å². The first-order valence-electron chi connectivity index (χ1n) is 5.29. The third-order valence-corrected chi connectivity index (χ3v) is 2.10. The number of aliphatic hydroxyl groups is 1. The van der Waals surface area contributed by atoms with Crippen LogP contribution in [0.4, 0.5) is 5.82 Å². The van der Waals surface area contributed by atoms with E-state index in [1.54, 1.807) is 6.20 Å². The topological polar surface area (TPSA) is 58.0 Å². The summed E-state index contributed by atoms with van der Waals surface area (Å²) in [6.07, 6.45) is 2.65. The lowest BCUT2D eigenvalue weighted by atomic mass is 10.0. The van der Waals surface area contributed by atoms with Crippen LogP contribution in [0.3, 0.4) is 0 Å². The van der Waals surface area contributed by atoms with E-state index in [9.17, 15) is 5.11 Å². The number of aryl methyl sites for hydroxylation is 1. The van der Waals surface area contributed by atoms with Crippen LogP contribution in [-0.2, 0) is 0 Å². The van der Waals surface area contributed by atoms with E-state index in [2.05, 4.69) is 29.1 Å². The molecular weight excluding hydrogens is 190 g/mol. The van der Waals surface area contributed by atoms with Crippen molar-refractivity contribution in [3.05, 3.63) is 18.1 Å². The predicted octanol–water partition coefficient (Wildman–Crippen LogP) is 1.60. The van der Waals surface area contributed by atoms with Gasteiger partial charge >= 0.3 is 0 Å². The Balaban J connectivity index is 2.58. The lowest BCUT2D eigenvalue weighted by Crippen LogP contribution is -2.26. The molecule has 0 aliphatic heterocycles. The Kier molecular flexibility index (Phi) is 4.49. The summed E-state index contributed by atoms with van der Waals surface area (Å²) in [5.41, 5.74) is 0. The molecule has 4 heteroatoms. The molecule has 2 N–H and O–H groups in total. The van der Waals surface area contributed by atoms with E-state index < -0.39 is 0 Å². The summed E-state index contributed by atoms with van der Waals surface area (Å²) < 4.78 is 0. The van der Waals surface area contributed by atoms with E-state index in [0.717, 1.165) is 18.1 Å². The first-order chi connectivity index (χ1) is 7.11. The van der Waals surface area contributed by atoms with Crippen molar-refractivity contribution in [2.24, 2.45) is 5.92 Å². The summed E-state index contributed by atoms with van der Waals surface area (Å²) in [5.74, 6) is 2.07. The summed E-state index contributed by atoms with van der Waals surface area (Å²) in [6.45, 7) is 6.24. The molecule has 0 radical (unpaired) electrons. The molecule has 0 saturated heterocycles. The normalized spacial score (nSPS) is 12.9. The molecule has 1 atom stereocenters. The zero-order chi connectivity index (χ0) is 11.3. The van der Waals surface area contributed by atoms with Gasteiger partial charge in [0.1, 0.15) is 11.6 Å². The molecule has 0 aromatic carbocycles. The smallest absolute Gasteiger partial charge is 0.129 e. The van der Waals surface area contributed by atoms with Crippen molar-refractivity contribution in [2.45, 2.75) is 33.2 Å². The quantitative estimate of drug-likeness (QED) is 0.773. The van der Waals surface area contributed by atoms with Gasteiger partial charge in [-0.3, -0.25) is 0 Å². The summed E-state index contributed by atoms with van der Waals surface area (Å²) in [6, 6.07) is 1.88. The fourth-order valence-corrected chi connectivity index (χ4v) is 1.49. The van der Waals surface area contributed by atoms with E-state index in [1.165, 1.54) is 0 Å². The number of hydrogen-bond donors (Lipinski definition) is 2. The van der Waals surface area contributed by atoms with E-state index in [1.807, 2.05) is 13.0 Å². The molecule has 1 aromatic rings. The fourth-order valence-electron chi connectivity index (χ4n) is 1.49. The standard InChI is InChI=1S/C11H19N3O/c1-8(2)6-10(7-15)14-11-4-5-12-9(3)13-11/h4-5,8,10,15H,6-7H2,1-3H3,(H,12,13,14). The van der Waals surface area contributed by atoms with Gasteiger partial charge in [-0.05, 0) is 25.3 Å². The number of nitrogens with one attached hydrogen (secondary N) is 1. The highest BCUT2D eigenvalue weighted by Gasteiger charge is 2.09. The molecular formula is C11H19N3O. The van der Waals surface area contributed by atoms with Crippen LogP contribution in [0.5, 0.6) is 0 Å². The predicted molar refractivity (Wildman–Crippen MR) is 60.7 cm³/mol. The molecule has 0 saturated carbocycles. The lowest BCUT2D eigenvalue weighted by molar-refractivity contribution is 0.259. The van der Waals surface area contributed by atoms with Crippen molar-refractivity contribution in [3.63, 3.8) is 0 Å². The van der Waals surface area contributed by atoms with Crippen LogP contribution in [0.2, 0.25) is 0 Å². The molecule has 1 heterocycles. The van der Waals surface area contributed by atoms with Gasteiger partial charge in [-0.15, -0.1) is 0 Å². The van der Waals surface area contributed by atoms with Gasteiger partial charge in [0.15, 0.2) is 0 Å². The summed E-state index contributed by atoms with van der Waals surface area (Å²) in [7, 11) is 0. The van der Waals surface area contributed by atoms with Gasteiger partial charge in [-0.2, -0.15) is 0 Å². The Labute approximate surface area is 90.8 Å². The van der Waals surface area contributed by atoms with Crippen LogP contribution in [-0.4, -0.2) is 27.7 Å². The maximum Gasteiger partial charge on any atom is 0.129 e. The van der Waals surface area contributed by atoms with Crippen molar-refractivity contribution in [1.82, 2.24) is 9.97 Å². The molecule has 1 aromatic heterocycles. The molecule has 84 valence electrons. The van der Waals surface area contributed by atoms with Gasteiger partial charge in [-0.25, -0.2) is 9.97 Å².